The molecule has 0 radical (unpaired) electrons. The van der Waals surface area contributed by atoms with E-state index in [1.165, 1.54) is 0 Å². The molecular weight excluding hydrogens is 244 g/mol. The number of benzene rings is 2. The third-order valence-electron chi connectivity index (χ3n) is 2.53. The summed E-state index contributed by atoms with van der Waals surface area (Å²) in [5.74, 6) is 2.89. The summed E-state index contributed by atoms with van der Waals surface area (Å²) in [5.41, 5.74) is 0. The van der Waals surface area contributed by atoms with E-state index in [1.807, 2.05) is 36.4 Å². The lowest BCUT2D eigenvalue weighted by molar-refractivity contribution is 0.119. The Bertz CT molecular complexity index is 478. The van der Waals surface area contributed by atoms with Crippen molar-refractivity contribution in [2.45, 2.75) is 0 Å². The van der Waals surface area contributed by atoms with Gasteiger partial charge in [0.05, 0.1) is 14.2 Å². The Kier molecular flexibility index (Phi) is 4.50. The highest BCUT2D eigenvalue weighted by molar-refractivity contribution is 5.34. The summed E-state index contributed by atoms with van der Waals surface area (Å²) in [7, 11) is 3.23. The standard InChI is InChI=1S/C15H16O4/c1-16-12-5-3-7-14(9-12)18-11-19-15-8-4-6-13(10-15)17-2/h3-10H,11H2,1-2H3. The zero-order chi connectivity index (χ0) is 13.5. The Morgan fingerprint density at radius 3 is 1.53 bits per heavy atom. The summed E-state index contributed by atoms with van der Waals surface area (Å²) in [5, 5.41) is 0. The van der Waals surface area contributed by atoms with Crippen molar-refractivity contribution in [2.24, 2.45) is 0 Å². The largest absolute Gasteiger partial charge is 0.497 e. The second-order valence-corrected chi connectivity index (χ2v) is 3.76. The molecule has 0 amide bonds. The van der Waals surface area contributed by atoms with E-state index >= 15 is 0 Å². The van der Waals surface area contributed by atoms with Gasteiger partial charge in [-0.2, -0.15) is 0 Å². The molecule has 0 aliphatic rings. The van der Waals surface area contributed by atoms with Crippen LogP contribution in [0.3, 0.4) is 0 Å². The first-order chi connectivity index (χ1) is 9.31. The van der Waals surface area contributed by atoms with Crippen LogP contribution in [0.2, 0.25) is 0 Å². The molecule has 19 heavy (non-hydrogen) atoms. The van der Waals surface area contributed by atoms with Gasteiger partial charge in [-0.05, 0) is 24.3 Å². The van der Waals surface area contributed by atoms with Crippen LogP contribution in [-0.4, -0.2) is 21.0 Å². The van der Waals surface area contributed by atoms with E-state index in [-0.39, 0.29) is 6.79 Å². The van der Waals surface area contributed by atoms with Crippen molar-refractivity contribution in [2.75, 3.05) is 21.0 Å². The lowest BCUT2D eigenvalue weighted by Crippen LogP contribution is -2.05. The maximum Gasteiger partial charge on any atom is 0.230 e. The van der Waals surface area contributed by atoms with Gasteiger partial charge >= 0.3 is 0 Å². The van der Waals surface area contributed by atoms with Crippen LogP contribution in [-0.2, 0) is 0 Å². The van der Waals surface area contributed by atoms with E-state index in [1.54, 1.807) is 26.4 Å². The Labute approximate surface area is 112 Å². The first kappa shape index (κ1) is 13.1. The summed E-state index contributed by atoms with van der Waals surface area (Å²) in [6.45, 7) is 0.125. The van der Waals surface area contributed by atoms with Crippen LogP contribution in [0.1, 0.15) is 0 Å². The maximum absolute atomic E-state index is 5.48. The van der Waals surface area contributed by atoms with Crippen molar-refractivity contribution >= 4 is 0 Å². The van der Waals surface area contributed by atoms with E-state index in [4.69, 9.17) is 18.9 Å². The molecule has 0 fully saturated rings. The van der Waals surface area contributed by atoms with E-state index in [0.29, 0.717) is 11.5 Å². The molecule has 0 saturated heterocycles. The molecule has 0 atom stereocenters. The third-order valence-corrected chi connectivity index (χ3v) is 2.53. The van der Waals surface area contributed by atoms with Crippen molar-refractivity contribution in [3.05, 3.63) is 48.5 Å². The monoisotopic (exact) mass is 260 g/mol. The fourth-order valence-electron chi connectivity index (χ4n) is 1.55. The lowest BCUT2D eigenvalue weighted by Gasteiger charge is -2.10. The summed E-state index contributed by atoms with van der Waals surface area (Å²) < 4.78 is 21.2. The van der Waals surface area contributed by atoms with Gasteiger partial charge in [-0.25, -0.2) is 0 Å². The molecule has 2 rings (SSSR count). The van der Waals surface area contributed by atoms with Gasteiger partial charge in [0.1, 0.15) is 23.0 Å². The fourth-order valence-corrected chi connectivity index (χ4v) is 1.55. The van der Waals surface area contributed by atoms with Crippen molar-refractivity contribution in [1.29, 1.82) is 0 Å². The number of hydrogen-bond acceptors (Lipinski definition) is 4. The van der Waals surface area contributed by atoms with Crippen LogP contribution in [0.15, 0.2) is 48.5 Å². The molecule has 0 aromatic heterocycles. The summed E-state index contributed by atoms with van der Waals surface area (Å²) in [6.07, 6.45) is 0. The van der Waals surface area contributed by atoms with E-state index < -0.39 is 0 Å². The molecule has 0 saturated carbocycles. The number of rotatable bonds is 6. The van der Waals surface area contributed by atoms with Crippen LogP contribution in [0, 0.1) is 0 Å². The van der Waals surface area contributed by atoms with Gasteiger partial charge < -0.3 is 18.9 Å². The smallest absolute Gasteiger partial charge is 0.230 e. The number of ether oxygens (including phenoxy) is 4. The normalized spacial score (nSPS) is 9.79. The number of hydrogen-bond donors (Lipinski definition) is 0. The van der Waals surface area contributed by atoms with E-state index in [2.05, 4.69) is 0 Å². The third kappa shape index (κ3) is 3.81. The second kappa shape index (κ2) is 6.54. The average molecular weight is 260 g/mol. The van der Waals surface area contributed by atoms with Crippen molar-refractivity contribution in [3.8, 4) is 23.0 Å². The molecule has 0 heterocycles. The van der Waals surface area contributed by atoms with Crippen LogP contribution in [0.5, 0.6) is 23.0 Å². The summed E-state index contributed by atoms with van der Waals surface area (Å²) in [4.78, 5) is 0. The predicted molar refractivity (Wildman–Crippen MR) is 72.1 cm³/mol. The SMILES string of the molecule is COc1cccc(OCOc2cccc(OC)c2)c1. The Balaban J connectivity index is 1.88. The zero-order valence-corrected chi connectivity index (χ0v) is 11.0. The Morgan fingerprint density at radius 1 is 0.684 bits per heavy atom. The molecule has 0 aliphatic carbocycles. The Hall–Kier alpha value is -2.36. The van der Waals surface area contributed by atoms with Gasteiger partial charge in [0, 0.05) is 12.1 Å². The van der Waals surface area contributed by atoms with Gasteiger partial charge in [-0.15, -0.1) is 0 Å². The molecule has 0 N–H and O–H groups in total. The maximum atomic E-state index is 5.48. The molecule has 0 unspecified atom stereocenters. The zero-order valence-electron chi connectivity index (χ0n) is 11.0. The summed E-state index contributed by atoms with van der Waals surface area (Å²) in [6, 6.07) is 14.7. The molecule has 0 aliphatic heterocycles. The highest BCUT2D eigenvalue weighted by Crippen LogP contribution is 2.21. The summed E-state index contributed by atoms with van der Waals surface area (Å²) >= 11 is 0. The minimum Gasteiger partial charge on any atom is -0.497 e. The van der Waals surface area contributed by atoms with Gasteiger partial charge in [-0.3, -0.25) is 0 Å². The predicted octanol–water partition coefficient (Wildman–Crippen LogP) is 3.12. The molecule has 2 aromatic carbocycles. The molecule has 4 nitrogen and oxygen atoms in total. The van der Waals surface area contributed by atoms with Crippen LogP contribution < -0.4 is 18.9 Å². The molecule has 100 valence electrons. The van der Waals surface area contributed by atoms with Gasteiger partial charge in [0.25, 0.3) is 0 Å². The van der Waals surface area contributed by atoms with Crippen molar-refractivity contribution in [3.63, 3.8) is 0 Å². The van der Waals surface area contributed by atoms with Gasteiger partial charge in [0.15, 0.2) is 0 Å². The lowest BCUT2D eigenvalue weighted by atomic mass is 10.3. The molecule has 4 heteroatoms. The topological polar surface area (TPSA) is 36.9 Å². The minimum atomic E-state index is 0.125. The van der Waals surface area contributed by atoms with Gasteiger partial charge in [-0.1, -0.05) is 12.1 Å². The average Bonchev–Trinajstić information content (AvgIpc) is 2.48. The van der Waals surface area contributed by atoms with Crippen LogP contribution in [0.4, 0.5) is 0 Å². The Morgan fingerprint density at radius 2 is 1.11 bits per heavy atom. The quantitative estimate of drug-likeness (QED) is 0.748. The minimum absolute atomic E-state index is 0.125. The van der Waals surface area contributed by atoms with Crippen LogP contribution in [0.25, 0.3) is 0 Å². The molecule has 0 bridgehead atoms. The van der Waals surface area contributed by atoms with E-state index in [0.717, 1.165) is 11.5 Å². The van der Waals surface area contributed by atoms with E-state index in [9.17, 15) is 0 Å². The number of methoxy groups -OCH3 is 2. The van der Waals surface area contributed by atoms with Crippen molar-refractivity contribution < 1.29 is 18.9 Å². The first-order valence-corrected chi connectivity index (χ1v) is 5.85. The molecule has 2 aromatic rings. The molecule has 0 spiro atoms. The highest BCUT2D eigenvalue weighted by atomic mass is 16.7. The first-order valence-electron chi connectivity index (χ1n) is 5.85. The van der Waals surface area contributed by atoms with Crippen molar-refractivity contribution in [1.82, 2.24) is 0 Å². The second-order valence-electron chi connectivity index (χ2n) is 3.76. The molecular formula is C15H16O4. The fraction of sp³-hybridized carbons (Fsp3) is 0.200. The van der Waals surface area contributed by atoms with Gasteiger partial charge in [0.2, 0.25) is 6.79 Å². The van der Waals surface area contributed by atoms with Crippen LogP contribution >= 0.6 is 0 Å². The highest BCUT2D eigenvalue weighted by Gasteiger charge is 1.99.